The number of amides is 1. The van der Waals surface area contributed by atoms with Gasteiger partial charge in [0.25, 0.3) is 5.91 Å². The highest BCUT2D eigenvalue weighted by molar-refractivity contribution is 7.80. The van der Waals surface area contributed by atoms with Gasteiger partial charge in [0.2, 0.25) is 0 Å². The number of hydrogen-bond acceptors (Lipinski definition) is 3. The molecule has 3 rings (SSSR count). The van der Waals surface area contributed by atoms with Crippen LogP contribution in [-0.4, -0.2) is 17.6 Å². The summed E-state index contributed by atoms with van der Waals surface area (Å²) in [7, 11) is 0. The van der Waals surface area contributed by atoms with Crippen LogP contribution in [0.5, 0.6) is 5.75 Å². The molecule has 1 aliphatic rings. The highest BCUT2D eigenvalue weighted by Crippen LogP contribution is 2.38. The van der Waals surface area contributed by atoms with E-state index in [0.29, 0.717) is 48.5 Å². The van der Waals surface area contributed by atoms with Crippen molar-refractivity contribution in [2.75, 3.05) is 11.9 Å². The van der Waals surface area contributed by atoms with Crippen molar-refractivity contribution in [1.29, 1.82) is 0 Å². The zero-order valence-electron chi connectivity index (χ0n) is 15.9. The van der Waals surface area contributed by atoms with E-state index in [1.165, 1.54) is 0 Å². The molecule has 0 aliphatic carbocycles. The van der Waals surface area contributed by atoms with Crippen LogP contribution in [0.4, 0.5) is 5.69 Å². The fraction of sp³-hybridized carbons (Fsp3) is 0.143. The molecule has 30 heavy (non-hydrogen) atoms. The second-order valence-corrected chi connectivity index (χ2v) is 8.05. The summed E-state index contributed by atoms with van der Waals surface area (Å²) in [6.07, 6.45) is 1.59. The quantitative estimate of drug-likeness (QED) is 0.367. The van der Waals surface area contributed by atoms with E-state index < -0.39 is 6.04 Å². The van der Waals surface area contributed by atoms with Crippen LogP contribution in [0.2, 0.25) is 15.1 Å². The molecule has 0 radical (unpaired) electrons. The number of carbonyl (C=O) groups is 1. The first-order valence-corrected chi connectivity index (χ1v) is 10.4. The van der Waals surface area contributed by atoms with E-state index >= 15 is 0 Å². The summed E-state index contributed by atoms with van der Waals surface area (Å²) in [5.74, 6) is 0.00796. The Morgan fingerprint density at radius 2 is 1.90 bits per heavy atom. The van der Waals surface area contributed by atoms with Crippen LogP contribution >= 0.6 is 47.0 Å². The van der Waals surface area contributed by atoms with Gasteiger partial charge in [-0.15, -0.1) is 0 Å². The fourth-order valence-corrected chi connectivity index (χ4v) is 4.09. The molecule has 0 saturated heterocycles. The second kappa shape index (κ2) is 9.71. The Balaban J connectivity index is 1.99. The predicted molar refractivity (Wildman–Crippen MR) is 127 cm³/mol. The van der Waals surface area contributed by atoms with Crippen molar-refractivity contribution >= 4 is 63.7 Å². The molecule has 0 fully saturated rings. The van der Waals surface area contributed by atoms with Gasteiger partial charge in [0.1, 0.15) is 6.61 Å². The van der Waals surface area contributed by atoms with Gasteiger partial charge in [-0.05, 0) is 49.0 Å². The molecule has 2 aromatic rings. The molecular weight excluding hydrogens is 465 g/mol. The Hall–Kier alpha value is -2.25. The Labute approximate surface area is 195 Å². The van der Waals surface area contributed by atoms with Crippen LogP contribution in [0.15, 0.2) is 60.3 Å². The first kappa shape index (κ1) is 22.4. The maximum absolute atomic E-state index is 13.1. The zero-order chi connectivity index (χ0) is 21.8. The van der Waals surface area contributed by atoms with Crippen LogP contribution in [0.25, 0.3) is 0 Å². The predicted octanol–water partition coefficient (Wildman–Crippen LogP) is 5.64. The maximum atomic E-state index is 13.1. The van der Waals surface area contributed by atoms with E-state index in [2.05, 4.69) is 22.5 Å². The largest absolute Gasteiger partial charge is 0.486 e. The molecular formula is C21H18Cl3N3O2S. The highest BCUT2D eigenvalue weighted by atomic mass is 35.5. The molecule has 156 valence electrons. The maximum Gasteiger partial charge on any atom is 0.255 e. The van der Waals surface area contributed by atoms with Gasteiger partial charge in [-0.25, -0.2) is 0 Å². The summed E-state index contributed by atoms with van der Waals surface area (Å²) < 4.78 is 5.52. The fourth-order valence-electron chi connectivity index (χ4n) is 3.02. The average Bonchev–Trinajstić information content (AvgIpc) is 2.68. The van der Waals surface area contributed by atoms with Crippen molar-refractivity contribution < 1.29 is 9.53 Å². The summed E-state index contributed by atoms with van der Waals surface area (Å²) in [5, 5.41) is 10.4. The van der Waals surface area contributed by atoms with Crippen molar-refractivity contribution in [1.82, 2.24) is 10.6 Å². The molecule has 0 bridgehead atoms. The summed E-state index contributed by atoms with van der Waals surface area (Å²) in [5.41, 5.74) is 2.19. The van der Waals surface area contributed by atoms with E-state index in [9.17, 15) is 4.79 Å². The Bertz CT molecular complexity index is 1030. The molecule has 1 amide bonds. The Morgan fingerprint density at radius 3 is 2.53 bits per heavy atom. The molecule has 1 heterocycles. The molecule has 5 nitrogen and oxygen atoms in total. The first-order chi connectivity index (χ1) is 14.3. The highest BCUT2D eigenvalue weighted by Gasteiger charge is 2.31. The van der Waals surface area contributed by atoms with E-state index in [1.807, 2.05) is 0 Å². The molecule has 0 unspecified atom stereocenters. The summed E-state index contributed by atoms with van der Waals surface area (Å²) >= 11 is 24.2. The van der Waals surface area contributed by atoms with Crippen molar-refractivity contribution in [3.63, 3.8) is 0 Å². The lowest BCUT2D eigenvalue weighted by Crippen LogP contribution is -2.45. The Morgan fingerprint density at radius 1 is 1.23 bits per heavy atom. The third-order valence-electron chi connectivity index (χ3n) is 4.34. The zero-order valence-corrected chi connectivity index (χ0v) is 19.0. The van der Waals surface area contributed by atoms with Crippen LogP contribution in [0, 0.1) is 0 Å². The second-order valence-electron chi connectivity index (χ2n) is 6.42. The van der Waals surface area contributed by atoms with Crippen LogP contribution in [-0.2, 0) is 4.79 Å². The molecule has 0 spiro atoms. The van der Waals surface area contributed by atoms with Crippen LogP contribution < -0.4 is 20.7 Å². The average molecular weight is 483 g/mol. The van der Waals surface area contributed by atoms with Gasteiger partial charge in [-0.3, -0.25) is 4.79 Å². The molecule has 2 aromatic carbocycles. The minimum Gasteiger partial charge on any atom is -0.486 e. The minimum absolute atomic E-state index is 0.263. The van der Waals surface area contributed by atoms with Gasteiger partial charge < -0.3 is 20.7 Å². The van der Waals surface area contributed by atoms with Gasteiger partial charge in [0.15, 0.2) is 10.9 Å². The van der Waals surface area contributed by atoms with Crippen molar-refractivity contribution in [2.45, 2.75) is 13.0 Å². The molecule has 3 N–H and O–H groups in total. The first-order valence-electron chi connectivity index (χ1n) is 8.88. The number of ether oxygens (including phenoxy) is 1. The number of para-hydroxylation sites is 1. The number of anilines is 1. The van der Waals surface area contributed by atoms with Crippen molar-refractivity contribution in [2.24, 2.45) is 0 Å². The van der Waals surface area contributed by atoms with Gasteiger partial charge in [-0.1, -0.05) is 59.6 Å². The number of benzene rings is 2. The lowest BCUT2D eigenvalue weighted by Gasteiger charge is -2.31. The smallest absolute Gasteiger partial charge is 0.255 e. The summed E-state index contributed by atoms with van der Waals surface area (Å²) in [6.45, 7) is 5.64. The number of thiocarbonyl (C=S) groups is 1. The van der Waals surface area contributed by atoms with E-state index in [0.717, 1.165) is 0 Å². The molecule has 9 heteroatoms. The molecule has 1 aliphatic heterocycles. The number of rotatable bonds is 6. The van der Waals surface area contributed by atoms with E-state index in [4.69, 9.17) is 51.8 Å². The van der Waals surface area contributed by atoms with Crippen LogP contribution in [0.3, 0.4) is 0 Å². The van der Waals surface area contributed by atoms with Gasteiger partial charge in [-0.2, -0.15) is 0 Å². The number of hydrogen-bond donors (Lipinski definition) is 3. The lowest BCUT2D eigenvalue weighted by molar-refractivity contribution is -0.113. The van der Waals surface area contributed by atoms with Gasteiger partial charge in [0, 0.05) is 5.70 Å². The topological polar surface area (TPSA) is 62.4 Å². The lowest BCUT2D eigenvalue weighted by atomic mass is 9.94. The molecule has 0 saturated carbocycles. The Kier molecular flexibility index (Phi) is 7.26. The van der Waals surface area contributed by atoms with Crippen molar-refractivity contribution in [3.8, 4) is 5.75 Å². The SMILES string of the molecule is C=CCOc1c(Cl)cc([C@@H]2NC(=S)NC(C)=C2C(=O)Nc2ccccc2Cl)cc1Cl. The number of carbonyl (C=O) groups excluding carboxylic acids is 1. The third kappa shape index (κ3) is 4.90. The molecule has 1 atom stereocenters. The monoisotopic (exact) mass is 481 g/mol. The number of allylic oxidation sites excluding steroid dienone is 1. The minimum atomic E-state index is -0.579. The number of nitrogens with one attached hydrogen (secondary N) is 3. The van der Waals surface area contributed by atoms with E-state index in [1.54, 1.807) is 49.4 Å². The van der Waals surface area contributed by atoms with Gasteiger partial charge >= 0.3 is 0 Å². The summed E-state index contributed by atoms with van der Waals surface area (Å²) in [6, 6.07) is 9.79. The normalized spacial score (nSPS) is 15.9. The van der Waals surface area contributed by atoms with Gasteiger partial charge in [0.05, 0.1) is 32.4 Å². The summed E-state index contributed by atoms with van der Waals surface area (Å²) in [4.78, 5) is 13.1. The van der Waals surface area contributed by atoms with E-state index in [-0.39, 0.29) is 12.5 Å². The van der Waals surface area contributed by atoms with Crippen molar-refractivity contribution in [3.05, 3.63) is 81.0 Å². The number of halogens is 3. The third-order valence-corrected chi connectivity index (χ3v) is 5.45. The standard InChI is InChI=1S/C21H18Cl3N3O2S/c1-3-8-29-19-14(23)9-12(10-15(19)24)18-17(11(2)25-21(30)27-18)20(28)26-16-7-5-4-6-13(16)22/h3-7,9-10,18H,1,8H2,2H3,(H,26,28)(H2,25,27,30)/t18-/m0/s1. The van der Waals surface area contributed by atoms with Crippen LogP contribution in [0.1, 0.15) is 18.5 Å². The molecule has 0 aromatic heterocycles.